The lowest BCUT2D eigenvalue weighted by Gasteiger charge is -2.16. The largest absolute Gasteiger partial charge is 0.480 e. The highest BCUT2D eigenvalue weighted by Gasteiger charge is 2.17. The van der Waals surface area contributed by atoms with Gasteiger partial charge in [0.1, 0.15) is 16.9 Å². The van der Waals surface area contributed by atoms with Crippen molar-refractivity contribution in [1.82, 2.24) is 0 Å². The van der Waals surface area contributed by atoms with Crippen molar-refractivity contribution < 1.29 is 13.9 Å². The van der Waals surface area contributed by atoms with Crippen molar-refractivity contribution in [3.05, 3.63) is 84.9 Å². The Hall–Kier alpha value is -3.79. The number of furan rings is 1. The molecule has 4 heteroatoms. The molecule has 29 heavy (non-hydrogen) atoms. The summed E-state index contributed by atoms with van der Waals surface area (Å²) in [5.74, 6) is 0.479. The van der Waals surface area contributed by atoms with Crippen molar-refractivity contribution in [1.29, 1.82) is 0 Å². The molecule has 1 unspecified atom stereocenters. The number of amides is 1. The third-order valence-corrected chi connectivity index (χ3v) is 5.07. The number of fused-ring (bicyclic) bond motifs is 4. The molecule has 0 fully saturated rings. The van der Waals surface area contributed by atoms with Gasteiger partial charge in [0.15, 0.2) is 6.10 Å². The number of hydrogen-bond acceptors (Lipinski definition) is 3. The molecule has 1 atom stereocenters. The van der Waals surface area contributed by atoms with Crippen LogP contribution in [0.15, 0.2) is 89.3 Å². The van der Waals surface area contributed by atoms with E-state index in [1.807, 2.05) is 84.9 Å². The van der Waals surface area contributed by atoms with Crippen molar-refractivity contribution in [2.24, 2.45) is 0 Å². The smallest absolute Gasteiger partial charge is 0.265 e. The maximum atomic E-state index is 12.7. The van der Waals surface area contributed by atoms with Gasteiger partial charge in [-0.15, -0.1) is 0 Å². The van der Waals surface area contributed by atoms with Gasteiger partial charge in [-0.2, -0.15) is 0 Å². The van der Waals surface area contributed by atoms with Crippen LogP contribution in [0.2, 0.25) is 0 Å². The van der Waals surface area contributed by atoms with Gasteiger partial charge >= 0.3 is 0 Å². The molecular formula is C25H19NO3. The molecule has 5 aromatic rings. The number of para-hydroxylation sites is 1. The van der Waals surface area contributed by atoms with E-state index in [0.29, 0.717) is 11.4 Å². The molecule has 0 aliphatic rings. The number of carbonyl (C=O) groups excluding carboxylic acids is 1. The van der Waals surface area contributed by atoms with E-state index in [4.69, 9.17) is 9.15 Å². The number of anilines is 1. The molecule has 0 saturated carbocycles. The maximum Gasteiger partial charge on any atom is 0.265 e. The van der Waals surface area contributed by atoms with Crippen LogP contribution in [-0.4, -0.2) is 12.0 Å². The lowest BCUT2D eigenvalue weighted by Crippen LogP contribution is -2.30. The minimum absolute atomic E-state index is 0.214. The molecule has 4 nitrogen and oxygen atoms in total. The van der Waals surface area contributed by atoms with Gasteiger partial charge in [-0.3, -0.25) is 4.79 Å². The predicted molar refractivity (Wildman–Crippen MR) is 116 cm³/mol. The van der Waals surface area contributed by atoms with Crippen LogP contribution >= 0.6 is 0 Å². The predicted octanol–water partition coefficient (Wildman–Crippen LogP) is 6.15. The lowest BCUT2D eigenvalue weighted by molar-refractivity contribution is -0.122. The molecule has 0 saturated heterocycles. The molecule has 0 aliphatic carbocycles. The summed E-state index contributed by atoms with van der Waals surface area (Å²) in [6.45, 7) is 1.75. The number of hydrogen-bond donors (Lipinski definition) is 1. The minimum atomic E-state index is -0.646. The van der Waals surface area contributed by atoms with Gasteiger partial charge < -0.3 is 14.5 Å². The summed E-state index contributed by atoms with van der Waals surface area (Å²) in [7, 11) is 0. The first-order chi connectivity index (χ1) is 14.2. The molecule has 0 bridgehead atoms. The van der Waals surface area contributed by atoms with E-state index in [1.165, 1.54) is 0 Å². The van der Waals surface area contributed by atoms with Crippen LogP contribution in [0.4, 0.5) is 5.69 Å². The summed E-state index contributed by atoms with van der Waals surface area (Å²) < 4.78 is 11.9. The highest BCUT2D eigenvalue weighted by molar-refractivity contribution is 6.06. The lowest BCUT2D eigenvalue weighted by atomic mass is 10.1. The monoisotopic (exact) mass is 381 g/mol. The zero-order valence-electron chi connectivity index (χ0n) is 15.9. The first kappa shape index (κ1) is 17.3. The van der Waals surface area contributed by atoms with Crippen molar-refractivity contribution in [2.45, 2.75) is 13.0 Å². The number of carbonyl (C=O) groups is 1. The van der Waals surface area contributed by atoms with Crippen LogP contribution in [0.5, 0.6) is 5.75 Å². The maximum absolute atomic E-state index is 12.7. The number of nitrogens with one attached hydrogen (secondary N) is 1. The summed E-state index contributed by atoms with van der Waals surface area (Å²) in [4.78, 5) is 12.7. The van der Waals surface area contributed by atoms with Crippen LogP contribution in [0.25, 0.3) is 32.7 Å². The van der Waals surface area contributed by atoms with Crippen LogP contribution in [0.1, 0.15) is 6.92 Å². The fraction of sp³-hybridized carbons (Fsp3) is 0.0800. The highest BCUT2D eigenvalue weighted by Crippen LogP contribution is 2.30. The zero-order valence-corrected chi connectivity index (χ0v) is 15.9. The summed E-state index contributed by atoms with van der Waals surface area (Å²) in [5, 5.41) is 7.07. The molecule has 1 N–H and O–H groups in total. The Morgan fingerprint density at radius 2 is 1.55 bits per heavy atom. The molecule has 5 rings (SSSR count). The van der Waals surface area contributed by atoms with Crippen LogP contribution in [0, 0.1) is 0 Å². The molecular weight excluding hydrogens is 362 g/mol. The Labute approximate surface area is 167 Å². The number of benzene rings is 4. The Bertz CT molecular complexity index is 1350. The molecule has 1 amide bonds. The zero-order chi connectivity index (χ0) is 19.8. The van der Waals surface area contributed by atoms with Crippen molar-refractivity contribution in [3.8, 4) is 5.75 Å². The van der Waals surface area contributed by atoms with Crippen molar-refractivity contribution >= 4 is 44.3 Å². The molecule has 0 aliphatic heterocycles. The summed E-state index contributed by atoms with van der Waals surface area (Å²) >= 11 is 0. The Morgan fingerprint density at radius 3 is 2.45 bits per heavy atom. The van der Waals surface area contributed by atoms with Crippen LogP contribution in [0.3, 0.4) is 0 Å². The number of ether oxygens (including phenoxy) is 1. The molecule has 142 valence electrons. The van der Waals surface area contributed by atoms with E-state index < -0.39 is 6.10 Å². The first-order valence-corrected chi connectivity index (χ1v) is 9.55. The van der Waals surface area contributed by atoms with Gasteiger partial charge in [0.05, 0.1) is 0 Å². The van der Waals surface area contributed by atoms with E-state index in [0.717, 1.165) is 32.7 Å². The molecule has 0 radical (unpaired) electrons. The van der Waals surface area contributed by atoms with E-state index in [-0.39, 0.29) is 5.91 Å². The normalized spacial score (nSPS) is 12.3. The van der Waals surface area contributed by atoms with Crippen molar-refractivity contribution in [2.75, 3.05) is 5.32 Å². The second kappa shape index (κ2) is 6.99. The molecule has 1 heterocycles. The first-order valence-electron chi connectivity index (χ1n) is 9.55. The highest BCUT2D eigenvalue weighted by atomic mass is 16.5. The topological polar surface area (TPSA) is 51.5 Å². The Balaban J connectivity index is 1.37. The van der Waals surface area contributed by atoms with E-state index in [9.17, 15) is 4.79 Å². The van der Waals surface area contributed by atoms with Gasteiger partial charge in [0.2, 0.25) is 0 Å². The van der Waals surface area contributed by atoms with Gasteiger partial charge in [-0.25, -0.2) is 0 Å². The van der Waals surface area contributed by atoms with Gasteiger partial charge in [-0.05, 0) is 36.6 Å². The second-order valence-electron chi connectivity index (χ2n) is 7.04. The van der Waals surface area contributed by atoms with E-state index in [1.54, 1.807) is 6.92 Å². The number of rotatable bonds is 4. The molecule has 0 spiro atoms. The van der Waals surface area contributed by atoms with Gasteiger partial charge in [0, 0.05) is 27.9 Å². The average molecular weight is 381 g/mol. The average Bonchev–Trinajstić information content (AvgIpc) is 3.11. The third kappa shape index (κ3) is 3.19. The second-order valence-corrected chi connectivity index (χ2v) is 7.04. The standard InChI is InChI=1S/C25H19NO3/c1-16(28-22-12-6-8-17-7-2-3-9-19(17)22)25(27)26-18-13-14-21-20-10-4-5-11-23(20)29-24(21)15-18/h2-16H,1H3,(H,26,27). The van der Waals surface area contributed by atoms with Crippen molar-refractivity contribution in [3.63, 3.8) is 0 Å². The Morgan fingerprint density at radius 1 is 0.828 bits per heavy atom. The summed E-state index contributed by atoms with van der Waals surface area (Å²) in [6, 6.07) is 27.4. The fourth-order valence-corrected chi connectivity index (χ4v) is 3.59. The quantitative estimate of drug-likeness (QED) is 0.406. The molecule has 1 aromatic heterocycles. The minimum Gasteiger partial charge on any atom is -0.480 e. The summed E-state index contributed by atoms with van der Waals surface area (Å²) in [6.07, 6.45) is -0.646. The van der Waals surface area contributed by atoms with Crippen LogP contribution < -0.4 is 10.1 Å². The molecule has 4 aromatic carbocycles. The van der Waals surface area contributed by atoms with Crippen LogP contribution in [-0.2, 0) is 4.79 Å². The van der Waals surface area contributed by atoms with E-state index >= 15 is 0 Å². The Kier molecular flexibility index (Phi) is 4.17. The van der Waals surface area contributed by atoms with Gasteiger partial charge in [-0.1, -0.05) is 54.6 Å². The van der Waals surface area contributed by atoms with E-state index in [2.05, 4.69) is 5.32 Å². The van der Waals surface area contributed by atoms with Gasteiger partial charge in [0.25, 0.3) is 5.91 Å². The third-order valence-electron chi connectivity index (χ3n) is 5.07. The summed E-state index contributed by atoms with van der Waals surface area (Å²) in [5.41, 5.74) is 2.25. The fourth-order valence-electron chi connectivity index (χ4n) is 3.59. The SMILES string of the molecule is CC(Oc1cccc2ccccc12)C(=O)Nc1ccc2c(c1)oc1ccccc12.